The van der Waals surface area contributed by atoms with Gasteiger partial charge in [-0.15, -0.1) is 0 Å². The first-order chi connectivity index (χ1) is 7.88. The van der Waals surface area contributed by atoms with Crippen LogP contribution in [0.1, 0.15) is 32.1 Å². The van der Waals surface area contributed by atoms with Gasteiger partial charge in [0.05, 0.1) is 6.61 Å². The second kappa shape index (κ2) is 4.63. The Hall–Kier alpha value is -0.120. The van der Waals surface area contributed by atoms with E-state index in [1.807, 2.05) is 0 Å². The fourth-order valence-corrected chi connectivity index (χ4v) is 4.04. The van der Waals surface area contributed by atoms with E-state index in [9.17, 15) is 0 Å². The van der Waals surface area contributed by atoms with Crippen molar-refractivity contribution in [2.24, 2.45) is 17.6 Å². The molecule has 3 rings (SSSR count). The monoisotopic (exact) mass is 224 g/mol. The number of hydrogen-bond donors (Lipinski definition) is 1. The number of likely N-dealkylation sites (tertiary alicyclic amines) is 1. The highest BCUT2D eigenvalue weighted by Crippen LogP contribution is 2.40. The van der Waals surface area contributed by atoms with Crippen LogP contribution >= 0.6 is 0 Å². The standard InChI is InChI=1S/C13H24N2O/c14-7-13(11-2-1-5-16-9-11)15-8-10-3-4-12(15)6-10/h10-13H,1-9,14H2. The van der Waals surface area contributed by atoms with Gasteiger partial charge in [-0.3, -0.25) is 4.90 Å². The van der Waals surface area contributed by atoms with Gasteiger partial charge in [0.1, 0.15) is 0 Å². The molecule has 0 aromatic heterocycles. The highest BCUT2D eigenvalue weighted by molar-refractivity contribution is 4.97. The van der Waals surface area contributed by atoms with E-state index in [1.165, 1.54) is 38.6 Å². The van der Waals surface area contributed by atoms with Crippen LogP contribution < -0.4 is 5.73 Å². The number of piperidine rings is 1. The van der Waals surface area contributed by atoms with Crippen molar-refractivity contribution in [2.75, 3.05) is 26.3 Å². The molecule has 16 heavy (non-hydrogen) atoms. The molecule has 3 aliphatic rings. The van der Waals surface area contributed by atoms with Gasteiger partial charge < -0.3 is 10.5 Å². The predicted molar refractivity (Wildman–Crippen MR) is 64.2 cm³/mol. The lowest BCUT2D eigenvalue weighted by molar-refractivity contribution is 0.00300. The highest BCUT2D eigenvalue weighted by Gasteiger charge is 2.42. The number of nitrogens with zero attached hydrogens (tertiary/aromatic N) is 1. The van der Waals surface area contributed by atoms with Gasteiger partial charge in [-0.05, 0) is 43.9 Å². The Morgan fingerprint density at radius 2 is 2.25 bits per heavy atom. The van der Waals surface area contributed by atoms with Crippen molar-refractivity contribution in [3.8, 4) is 0 Å². The van der Waals surface area contributed by atoms with Crippen molar-refractivity contribution < 1.29 is 4.74 Å². The zero-order chi connectivity index (χ0) is 11.0. The Kier molecular flexibility index (Phi) is 3.18. The minimum Gasteiger partial charge on any atom is -0.381 e. The lowest BCUT2D eigenvalue weighted by Gasteiger charge is -2.40. The average Bonchev–Trinajstić information content (AvgIpc) is 2.94. The highest BCUT2D eigenvalue weighted by atomic mass is 16.5. The maximum Gasteiger partial charge on any atom is 0.0509 e. The van der Waals surface area contributed by atoms with E-state index in [2.05, 4.69) is 4.90 Å². The van der Waals surface area contributed by atoms with E-state index >= 15 is 0 Å². The second-order valence-electron chi connectivity index (χ2n) is 5.81. The van der Waals surface area contributed by atoms with Crippen molar-refractivity contribution in [1.29, 1.82) is 0 Å². The molecule has 3 heteroatoms. The van der Waals surface area contributed by atoms with Crippen molar-refractivity contribution in [1.82, 2.24) is 4.90 Å². The number of nitrogens with two attached hydrogens (primary N) is 1. The molecular weight excluding hydrogens is 200 g/mol. The summed E-state index contributed by atoms with van der Waals surface area (Å²) in [4.78, 5) is 2.72. The average molecular weight is 224 g/mol. The van der Waals surface area contributed by atoms with E-state index < -0.39 is 0 Å². The molecule has 92 valence electrons. The Bertz CT molecular complexity index is 240. The molecule has 0 spiro atoms. The van der Waals surface area contributed by atoms with E-state index in [0.29, 0.717) is 12.0 Å². The van der Waals surface area contributed by atoms with Crippen LogP contribution in [0.2, 0.25) is 0 Å². The van der Waals surface area contributed by atoms with E-state index in [-0.39, 0.29) is 0 Å². The summed E-state index contributed by atoms with van der Waals surface area (Å²) in [6.45, 7) is 4.02. The van der Waals surface area contributed by atoms with Gasteiger partial charge >= 0.3 is 0 Å². The second-order valence-corrected chi connectivity index (χ2v) is 5.81. The molecule has 0 aromatic rings. The third-order valence-corrected chi connectivity index (χ3v) is 4.86. The van der Waals surface area contributed by atoms with Gasteiger partial charge in [0.25, 0.3) is 0 Å². The zero-order valence-electron chi connectivity index (χ0n) is 10.1. The van der Waals surface area contributed by atoms with Crippen molar-refractivity contribution >= 4 is 0 Å². The van der Waals surface area contributed by atoms with E-state index in [0.717, 1.165) is 31.7 Å². The summed E-state index contributed by atoms with van der Waals surface area (Å²) in [6.07, 6.45) is 6.84. The summed E-state index contributed by atoms with van der Waals surface area (Å²) in [6, 6.07) is 1.44. The topological polar surface area (TPSA) is 38.5 Å². The molecule has 1 saturated carbocycles. The SMILES string of the molecule is NCC(C1CCCOC1)N1CC2CCC1C2. The predicted octanol–water partition coefficient (Wildman–Crippen LogP) is 1.22. The largest absolute Gasteiger partial charge is 0.381 e. The molecule has 0 radical (unpaired) electrons. The summed E-state index contributed by atoms with van der Waals surface area (Å²) in [5.74, 6) is 1.67. The fraction of sp³-hybridized carbons (Fsp3) is 1.00. The van der Waals surface area contributed by atoms with Gasteiger partial charge in [-0.2, -0.15) is 0 Å². The molecule has 2 aliphatic heterocycles. The third-order valence-electron chi connectivity index (χ3n) is 4.86. The van der Waals surface area contributed by atoms with Crippen LogP contribution in [0, 0.1) is 11.8 Å². The van der Waals surface area contributed by atoms with Gasteiger partial charge in [0, 0.05) is 31.8 Å². The molecule has 2 bridgehead atoms. The van der Waals surface area contributed by atoms with Gasteiger partial charge in [0.15, 0.2) is 0 Å². The van der Waals surface area contributed by atoms with Crippen LogP contribution in [0.4, 0.5) is 0 Å². The van der Waals surface area contributed by atoms with Crippen LogP contribution in [0.3, 0.4) is 0 Å². The Morgan fingerprint density at radius 3 is 2.81 bits per heavy atom. The molecule has 4 atom stereocenters. The molecule has 2 saturated heterocycles. The first-order valence-electron chi connectivity index (χ1n) is 6.92. The van der Waals surface area contributed by atoms with Gasteiger partial charge in [-0.1, -0.05) is 0 Å². The first kappa shape index (κ1) is 11.0. The summed E-state index contributed by atoms with van der Waals surface area (Å²) < 4.78 is 5.62. The molecule has 4 unspecified atom stereocenters. The first-order valence-corrected chi connectivity index (χ1v) is 6.92. The molecule has 1 aliphatic carbocycles. The van der Waals surface area contributed by atoms with Crippen molar-refractivity contribution in [3.05, 3.63) is 0 Å². The van der Waals surface area contributed by atoms with E-state index in [4.69, 9.17) is 10.5 Å². The maximum atomic E-state index is 6.02. The van der Waals surface area contributed by atoms with Crippen LogP contribution in [0.15, 0.2) is 0 Å². The van der Waals surface area contributed by atoms with Crippen molar-refractivity contribution in [2.45, 2.75) is 44.2 Å². The Labute approximate surface area is 98.3 Å². The Balaban J connectivity index is 1.65. The summed E-state index contributed by atoms with van der Waals surface area (Å²) in [7, 11) is 0. The van der Waals surface area contributed by atoms with Crippen LogP contribution in [0.25, 0.3) is 0 Å². The number of hydrogen-bond acceptors (Lipinski definition) is 3. The minimum atomic E-state index is 0.593. The van der Waals surface area contributed by atoms with E-state index in [1.54, 1.807) is 0 Å². The lowest BCUT2D eigenvalue weighted by atomic mass is 9.91. The summed E-state index contributed by atoms with van der Waals surface area (Å²) >= 11 is 0. The van der Waals surface area contributed by atoms with Crippen LogP contribution in [-0.2, 0) is 4.74 Å². The smallest absolute Gasteiger partial charge is 0.0509 e. The van der Waals surface area contributed by atoms with Gasteiger partial charge in [-0.25, -0.2) is 0 Å². The van der Waals surface area contributed by atoms with Crippen LogP contribution in [0.5, 0.6) is 0 Å². The number of rotatable bonds is 3. The molecule has 2 N–H and O–H groups in total. The quantitative estimate of drug-likeness (QED) is 0.783. The molecule has 3 nitrogen and oxygen atoms in total. The molecule has 2 heterocycles. The maximum absolute atomic E-state index is 6.02. The van der Waals surface area contributed by atoms with Crippen molar-refractivity contribution in [3.63, 3.8) is 0 Å². The van der Waals surface area contributed by atoms with Gasteiger partial charge in [0.2, 0.25) is 0 Å². The minimum absolute atomic E-state index is 0.593. The summed E-state index contributed by atoms with van der Waals surface area (Å²) in [5.41, 5.74) is 6.02. The molecular formula is C13H24N2O. The Morgan fingerprint density at radius 1 is 1.31 bits per heavy atom. The summed E-state index contributed by atoms with van der Waals surface area (Å²) in [5, 5.41) is 0. The van der Waals surface area contributed by atoms with Crippen LogP contribution in [-0.4, -0.2) is 43.3 Å². The fourth-order valence-electron chi connectivity index (χ4n) is 4.04. The number of ether oxygens (including phenoxy) is 1. The lowest BCUT2D eigenvalue weighted by Crippen LogP contribution is -2.51. The normalized spacial score (nSPS) is 41.4. The zero-order valence-corrected chi connectivity index (χ0v) is 10.1. The third kappa shape index (κ3) is 1.89. The molecule has 0 aromatic carbocycles. The number of fused-ring (bicyclic) bond motifs is 2. The molecule has 0 amide bonds. The molecule has 3 fully saturated rings.